The predicted octanol–water partition coefficient (Wildman–Crippen LogP) is 3.90. The maximum absolute atomic E-state index is 11.1. The van der Waals surface area contributed by atoms with Gasteiger partial charge in [0.2, 0.25) is 0 Å². The molecule has 0 aliphatic carbocycles. The van der Waals surface area contributed by atoms with Gasteiger partial charge in [-0.15, -0.1) is 0 Å². The van der Waals surface area contributed by atoms with E-state index in [4.69, 9.17) is 9.84 Å². The van der Waals surface area contributed by atoms with E-state index in [0.29, 0.717) is 5.82 Å². The molecule has 6 heteroatoms. The zero-order valence-corrected chi connectivity index (χ0v) is 14.1. The van der Waals surface area contributed by atoms with Gasteiger partial charge in [-0.3, -0.25) is 5.43 Å². The first kappa shape index (κ1) is 17.2. The number of rotatable bonds is 6. The second kappa shape index (κ2) is 7.94. The highest BCUT2D eigenvalue weighted by Crippen LogP contribution is 2.21. The monoisotopic (exact) mass is 347 g/mol. The van der Waals surface area contributed by atoms with E-state index in [1.54, 1.807) is 43.8 Å². The number of aromatic nitrogens is 1. The molecular formula is C20H17N3O3. The van der Waals surface area contributed by atoms with Crippen molar-refractivity contribution in [2.45, 2.75) is 0 Å². The molecule has 0 saturated heterocycles. The average molecular weight is 347 g/mol. The van der Waals surface area contributed by atoms with Crippen LogP contribution in [0.2, 0.25) is 0 Å². The van der Waals surface area contributed by atoms with Gasteiger partial charge in [-0.05, 0) is 42.0 Å². The number of carboxylic acid groups (broad SMARTS) is 1. The van der Waals surface area contributed by atoms with Crippen molar-refractivity contribution in [1.82, 2.24) is 4.98 Å². The van der Waals surface area contributed by atoms with Crippen molar-refractivity contribution in [2.24, 2.45) is 5.10 Å². The molecule has 0 radical (unpaired) electrons. The topological polar surface area (TPSA) is 83.8 Å². The summed E-state index contributed by atoms with van der Waals surface area (Å²) in [5, 5.41) is 13.2. The fourth-order valence-electron chi connectivity index (χ4n) is 2.40. The van der Waals surface area contributed by atoms with Gasteiger partial charge in [0, 0.05) is 17.3 Å². The molecule has 0 aliphatic rings. The average Bonchev–Trinajstić information content (AvgIpc) is 2.69. The van der Waals surface area contributed by atoms with Crippen molar-refractivity contribution >= 4 is 18.0 Å². The van der Waals surface area contributed by atoms with Crippen LogP contribution in [0.4, 0.5) is 5.82 Å². The lowest BCUT2D eigenvalue weighted by atomic mass is 10.0. The van der Waals surface area contributed by atoms with Gasteiger partial charge in [0.1, 0.15) is 11.6 Å². The van der Waals surface area contributed by atoms with Crippen LogP contribution in [-0.2, 0) is 0 Å². The quantitative estimate of drug-likeness (QED) is 0.522. The Morgan fingerprint density at radius 2 is 1.96 bits per heavy atom. The number of hydrogen-bond donors (Lipinski definition) is 2. The Labute approximate surface area is 150 Å². The predicted molar refractivity (Wildman–Crippen MR) is 101 cm³/mol. The van der Waals surface area contributed by atoms with Crippen molar-refractivity contribution in [3.63, 3.8) is 0 Å². The maximum Gasteiger partial charge on any atom is 0.335 e. The summed E-state index contributed by atoms with van der Waals surface area (Å²) in [4.78, 5) is 15.4. The third-order valence-electron chi connectivity index (χ3n) is 3.73. The molecule has 3 rings (SSSR count). The van der Waals surface area contributed by atoms with Gasteiger partial charge in [-0.25, -0.2) is 9.78 Å². The van der Waals surface area contributed by atoms with E-state index in [1.165, 1.54) is 0 Å². The minimum atomic E-state index is -0.955. The summed E-state index contributed by atoms with van der Waals surface area (Å²) in [5.74, 6) is 0.359. The number of pyridine rings is 1. The molecule has 0 atom stereocenters. The van der Waals surface area contributed by atoms with E-state index in [9.17, 15) is 4.79 Å². The minimum absolute atomic E-state index is 0.242. The third kappa shape index (κ3) is 4.05. The van der Waals surface area contributed by atoms with Crippen LogP contribution < -0.4 is 10.2 Å². The molecule has 0 unspecified atom stereocenters. The first-order valence-corrected chi connectivity index (χ1v) is 7.89. The Morgan fingerprint density at radius 1 is 1.12 bits per heavy atom. The third-order valence-corrected chi connectivity index (χ3v) is 3.73. The number of para-hydroxylation sites is 1. The maximum atomic E-state index is 11.1. The summed E-state index contributed by atoms with van der Waals surface area (Å²) in [6, 6.07) is 17.9. The Balaban J connectivity index is 1.71. The van der Waals surface area contributed by atoms with Crippen molar-refractivity contribution in [1.29, 1.82) is 0 Å². The zero-order valence-electron chi connectivity index (χ0n) is 14.1. The second-order valence-corrected chi connectivity index (χ2v) is 5.43. The molecular weight excluding hydrogens is 330 g/mol. The van der Waals surface area contributed by atoms with E-state index in [1.807, 2.05) is 36.4 Å². The fourth-order valence-corrected chi connectivity index (χ4v) is 2.40. The number of carboxylic acids is 1. The van der Waals surface area contributed by atoms with Crippen LogP contribution in [0.3, 0.4) is 0 Å². The van der Waals surface area contributed by atoms with Gasteiger partial charge in [0.15, 0.2) is 0 Å². The van der Waals surface area contributed by atoms with Gasteiger partial charge >= 0.3 is 5.97 Å². The molecule has 2 N–H and O–H groups in total. The van der Waals surface area contributed by atoms with E-state index in [0.717, 1.165) is 22.4 Å². The van der Waals surface area contributed by atoms with E-state index < -0.39 is 5.97 Å². The molecule has 0 aliphatic heterocycles. The SMILES string of the molecule is COc1ccccc1/C=N/Nc1ccc(-c2cccc(C(=O)O)c2)cn1. The lowest BCUT2D eigenvalue weighted by Crippen LogP contribution is -1.97. The minimum Gasteiger partial charge on any atom is -0.496 e. The number of aromatic carboxylic acids is 1. The Morgan fingerprint density at radius 3 is 2.69 bits per heavy atom. The first-order valence-electron chi connectivity index (χ1n) is 7.89. The number of hydrazone groups is 1. The van der Waals surface area contributed by atoms with Gasteiger partial charge in [0.25, 0.3) is 0 Å². The van der Waals surface area contributed by atoms with Crippen molar-refractivity contribution in [2.75, 3.05) is 12.5 Å². The smallest absolute Gasteiger partial charge is 0.335 e. The van der Waals surface area contributed by atoms with Crippen LogP contribution in [0.1, 0.15) is 15.9 Å². The molecule has 130 valence electrons. The Bertz CT molecular complexity index is 937. The standard InChI is InChI=1S/C20H17N3O3/c1-26-18-8-3-2-5-17(18)13-22-23-19-10-9-16(12-21-19)14-6-4-7-15(11-14)20(24)25/h2-13H,1H3,(H,21,23)(H,24,25)/b22-13+. The number of ether oxygens (including phenoxy) is 1. The number of benzene rings is 2. The van der Waals surface area contributed by atoms with E-state index in [-0.39, 0.29) is 5.56 Å². The van der Waals surface area contributed by atoms with Gasteiger partial charge in [-0.2, -0.15) is 5.10 Å². The lowest BCUT2D eigenvalue weighted by molar-refractivity contribution is 0.0697. The number of nitrogens with zero attached hydrogens (tertiary/aromatic N) is 2. The lowest BCUT2D eigenvalue weighted by Gasteiger charge is -2.05. The number of hydrogen-bond acceptors (Lipinski definition) is 5. The van der Waals surface area contributed by atoms with Crippen LogP contribution in [0.5, 0.6) is 5.75 Å². The molecule has 0 spiro atoms. The molecule has 0 saturated carbocycles. The molecule has 0 bridgehead atoms. The highest BCUT2D eigenvalue weighted by molar-refractivity contribution is 5.89. The van der Waals surface area contributed by atoms with Crippen molar-refractivity contribution in [3.05, 3.63) is 78.0 Å². The number of methoxy groups -OCH3 is 1. The second-order valence-electron chi connectivity index (χ2n) is 5.43. The van der Waals surface area contributed by atoms with E-state index >= 15 is 0 Å². The van der Waals surface area contributed by atoms with Gasteiger partial charge < -0.3 is 9.84 Å². The highest BCUT2D eigenvalue weighted by atomic mass is 16.5. The molecule has 26 heavy (non-hydrogen) atoms. The summed E-state index contributed by atoms with van der Waals surface area (Å²) in [6.45, 7) is 0. The summed E-state index contributed by atoms with van der Waals surface area (Å²) in [6.07, 6.45) is 3.33. The van der Waals surface area contributed by atoms with Crippen molar-refractivity contribution < 1.29 is 14.6 Å². The van der Waals surface area contributed by atoms with Crippen LogP contribution in [-0.4, -0.2) is 29.4 Å². The largest absolute Gasteiger partial charge is 0.496 e. The van der Waals surface area contributed by atoms with Gasteiger partial charge in [0.05, 0.1) is 18.9 Å². The molecule has 1 heterocycles. The Hall–Kier alpha value is -3.67. The molecule has 1 aromatic heterocycles. The molecule has 3 aromatic rings. The van der Waals surface area contributed by atoms with Crippen LogP contribution in [0.15, 0.2) is 72.0 Å². The molecule has 2 aromatic carbocycles. The van der Waals surface area contributed by atoms with E-state index in [2.05, 4.69) is 15.5 Å². The fraction of sp³-hybridized carbons (Fsp3) is 0.0500. The summed E-state index contributed by atoms with van der Waals surface area (Å²) >= 11 is 0. The van der Waals surface area contributed by atoms with Crippen LogP contribution in [0, 0.1) is 0 Å². The highest BCUT2D eigenvalue weighted by Gasteiger charge is 2.05. The summed E-state index contributed by atoms with van der Waals surface area (Å²) in [7, 11) is 1.61. The molecule has 6 nitrogen and oxygen atoms in total. The summed E-state index contributed by atoms with van der Waals surface area (Å²) < 4.78 is 5.26. The summed E-state index contributed by atoms with van der Waals surface area (Å²) in [5.41, 5.74) is 5.57. The van der Waals surface area contributed by atoms with Crippen molar-refractivity contribution in [3.8, 4) is 16.9 Å². The van der Waals surface area contributed by atoms with Crippen LogP contribution >= 0.6 is 0 Å². The first-order chi connectivity index (χ1) is 12.7. The normalized spacial score (nSPS) is 10.7. The van der Waals surface area contributed by atoms with Gasteiger partial charge in [-0.1, -0.05) is 24.3 Å². The number of nitrogens with one attached hydrogen (secondary N) is 1. The Kier molecular flexibility index (Phi) is 5.24. The molecule has 0 fully saturated rings. The van der Waals surface area contributed by atoms with Crippen LogP contribution in [0.25, 0.3) is 11.1 Å². The number of carbonyl (C=O) groups is 1. The zero-order chi connectivity index (χ0) is 18.4. The number of anilines is 1. The molecule has 0 amide bonds.